The quantitative estimate of drug-likeness (QED) is 0.673. The first-order chi connectivity index (χ1) is 10.7. The number of benzene rings is 3. The van der Waals surface area contributed by atoms with Gasteiger partial charge < -0.3 is 9.47 Å². The zero-order chi connectivity index (χ0) is 15.7. The normalized spacial score (nSPS) is 10.2. The Morgan fingerprint density at radius 1 is 0.682 bits per heavy atom. The molecule has 4 nitrogen and oxygen atoms in total. The van der Waals surface area contributed by atoms with Crippen LogP contribution >= 0.6 is 0 Å². The molecule has 0 amide bonds. The van der Waals surface area contributed by atoms with Gasteiger partial charge in [-0.05, 0) is 47.2 Å². The van der Waals surface area contributed by atoms with Crippen molar-refractivity contribution in [1.29, 1.82) is 10.5 Å². The largest absolute Gasteiger partial charge is 0.497 e. The first-order valence-electron chi connectivity index (χ1n) is 6.65. The molecule has 3 aromatic rings. The Kier molecular flexibility index (Phi) is 3.29. The highest BCUT2D eigenvalue weighted by Crippen LogP contribution is 2.36. The highest BCUT2D eigenvalue weighted by atomic mass is 16.5. The van der Waals surface area contributed by atoms with Gasteiger partial charge >= 0.3 is 0 Å². The second-order valence-electron chi connectivity index (χ2n) is 4.80. The first-order valence-corrected chi connectivity index (χ1v) is 6.65. The Morgan fingerprint density at radius 2 is 1.09 bits per heavy atom. The first kappa shape index (κ1) is 13.7. The zero-order valence-corrected chi connectivity index (χ0v) is 12.2. The molecule has 22 heavy (non-hydrogen) atoms. The molecule has 0 aromatic heterocycles. The monoisotopic (exact) mass is 288 g/mol. The molecule has 0 saturated heterocycles. The van der Waals surface area contributed by atoms with Gasteiger partial charge in [0.05, 0.1) is 25.3 Å². The summed E-state index contributed by atoms with van der Waals surface area (Å²) >= 11 is 0. The second-order valence-corrected chi connectivity index (χ2v) is 4.80. The van der Waals surface area contributed by atoms with E-state index in [1.54, 1.807) is 26.4 Å². The highest BCUT2D eigenvalue weighted by Gasteiger charge is 2.15. The van der Waals surface area contributed by atoms with Crippen molar-refractivity contribution in [3.8, 4) is 23.6 Å². The van der Waals surface area contributed by atoms with Crippen LogP contribution < -0.4 is 9.47 Å². The van der Waals surface area contributed by atoms with Gasteiger partial charge in [0.2, 0.25) is 0 Å². The van der Waals surface area contributed by atoms with Crippen molar-refractivity contribution in [3.63, 3.8) is 0 Å². The summed E-state index contributed by atoms with van der Waals surface area (Å²) in [6.45, 7) is 0. The molecule has 0 atom stereocenters. The molecule has 4 heteroatoms. The van der Waals surface area contributed by atoms with Crippen molar-refractivity contribution in [2.24, 2.45) is 0 Å². The van der Waals surface area contributed by atoms with Crippen LogP contribution in [-0.4, -0.2) is 14.2 Å². The maximum Gasteiger partial charge on any atom is 0.119 e. The van der Waals surface area contributed by atoms with E-state index in [4.69, 9.17) is 9.47 Å². The fraction of sp³-hybridized carbons (Fsp3) is 0.111. The molecule has 0 aliphatic heterocycles. The van der Waals surface area contributed by atoms with E-state index >= 15 is 0 Å². The topological polar surface area (TPSA) is 66.0 Å². The maximum absolute atomic E-state index is 9.48. The van der Waals surface area contributed by atoms with Gasteiger partial charge in [-0.2, -0.15) is 10.5 Å². The standard InChI is InChI=1S/C18H12N2O2/c1-21-11-3-5-13-15(7-11)16-8-12(22-2)4-6-14(16)18(10-20)17(13)9-19/h3-8H,1-2H3. The Hall–Kier alpha value is -3.24. The van der Waals surface area contributed by atoms with Crippen molar-refractivity contribution in [3.05, 3.63) is 47.5 Å². The van der Waals surface area contributed by atoms with Crippen LogP contribution in [0.3, 0.4) is 0 Å². The summed E-state index contributed by atoms with van der Waals surface area (Å²) in [7, 11) is 3.19. The Bertz CT molecular complexity index is 898. The number of methoxy groups -OCH3 is 2. The summed E-state index contributed by atoms with van der Waals surface area (Å²) in [6.07, 6.45) is 0. The van der Waals surface area contributed by atoms with Crippen molar-refractivity contribution in [1.82, 2.24) is 0 Å². The minimum atomic E-state index is 0.387. The lowest BCUT2D eigenvalue weighted by Gasteiger charge is -2.11. The van der Waals surface area contributed by atoms with Crippen molar-refractivity contribution in [2.75, 3.05) is 14.2 Å². The van der Waals surface area contributed by atoms with Gasteiger partial charge in [-0.3, -0.25) is 0 Å². The van der Waals surface area contributed by atoms with Gasteiger partial charge in [0, 0.05) is 10.8 Å². The van der Waals surface area contributed by atoms with Crippen LogP contribution in [0.2, 0.25) is 0 Å². The molecule has 0 N–H and O–H groups in total. The number of rotatable bonds is 2. The molecule has 0 bridgehead atoms. The third kappa shape index (κ3) is 1.90. The smallest absolute Gasteiger partial charge is 0.119 e. The molecule has 3 rings (SSSR count). The fourth-order valence-corrected chi connectivity index (χ4v) is 2.68. The molecule has 0 fully saturated rings. The maximum atomic E-state index is 9.48. The van der Waals surface area contributed by atoms with Crippen LogP contribution in [0.4, 0.5) is 0 Å². The van der Waals surface area contributed by atoms with E-state index in [-0.39, 0.29) is 0 Å². The molecule has 0 spiro atoms. The van der Waals surface area contributed by atoms with Crippen molar-refractivity contribution >= 4 is 21.5 Å². The number of ether oxygens (including phenoxy) is 2. The van der Waals surface area contributed by atoms with Crippen LogP contribution in [0, 0.1) is 22.7 Å². The van der Waals surface area contributed by atoms with E-state index in [9.17, 15) is 10.5 Å². The number of nitriles is 2. The lowest BCUT2D eigenvalue weighted by Crippen LogP contribution is -1.93. The predicted octanol–water partition coefficient (Wildman–Crippen LogP) is 3.75. The number of hydrogen-bond donors (Lipinski definition) is 0. The Labute approximate surface area is 127 Å². The second kappa shape index (κ2) is 5.27. The predicted molar refractivity (Wildman–Crippen MR) is 84.0 cm³/mol. The van der Waals surface area contributed by atoms with Crippen molar-refractivity contribution in [2.45, 2.75) is 0 Å². The minimum Gasteiger partial charge on any atom is -0.497 e. The van der Waals surface area contributed by atoms with E-state index in [0.717, 1.165) is 21.5 Å². The van der Waals surface area contributed by atoms with Gasteiger partial charge in [-0.1, -0.05) is 0 Å². The van der Waals surface area contributed by atoms with E-state index in [0.29, 0.717) is 22.6 Å². The Morgan fingerprint density at radius 3 is 1.41 bits per heavy atom. The van der Waals surface area contributed by atoms with Gasteiger partial charge in [0.25, 0.3) is 0 Å². The average Bonchev–Trinajstić information content (AvgIpc) is 2.59. The third-order valence-corrected chi connectivity index (χ3v) is 3.76. The van der Waals surface area contributed by atoms with Crippen LogP contribution in [0.5, 0.6) is 11.5 Å². The van der Waals surface area contributed by atoms with Crippen LogP contribution in [0.15, 0.2) is 36.4 Å². The van der Waals surface area contributed by atoms with E-state index in [1.165, 1.54) is 0 Å². The molecule has 0 aliphatic rings. The summed E-state index contributed by atoms with van der Waals surface area (Å²) in [4.78, 5) is 0. The van der Waals surface area contributed by atoms with Crippen LogP contribution in [0.25, 0.3) is 21.5 Å². The molecule has 106 valence electrons. The van der Waals surface area contributed by atoms with Crippen LogP contribution in [0.1, 0.15) is 11.1 Å². The average molecular weight is 288 g/mol. The molecule has 0 heterocycles. The van der Waals surface area contributed by atoms with Gasteiger partial charge in [-0.25, -0.2) is 0 Å². The SMILES string of the molecule is COc1ccc2c(C#N)c(C#N)c3ccc(OC)cc3c2c1. The van der Waals surface area contributed by atoms with E-state index < -0.39 is 0 Å². The molecule has 0 saturated carbocycles. The molecular formula is C18H12N2O2. The summed E-state index contributed by atoms with van der Waals surface area (Å²) in [5.41, 5.74) is 0.774. The minimum absolute atomic E-state index is 0.387. The molecule has 0 aliphatic carbocycles. The summed E-state index contributed by atoms with van der Waals surface area (Å²) in [6, 6.07) is 15.3. The zero-order valence-electron chi connectivity index (χ0n) is 12.2. The molecule has 0 radical (unpaired) electrons. The summed E-state index contributed by atoms with van der Waals surface area (Å²) in [5.74, 6) is 1.40. The third-order valence-electron chi connectivity index (χ3n) is 3.76. The number of fused-ring (bicyclic) bond motifs is 3. The van der Waals surface area contributed by atoms with Gasteiger partial charge in [0.1, 0.15) is 23.6 Å². The van der Waals surface area contributed by atoms with Crippen molar-refractivity contribution < 1.29 is 9.47 Å². The summed E-state index contributed by atoms with van der Waals surface area (Å²) < 4.78 is 10.6. The van der Waals surface area contributed by atoms with Gasteiger partial charge in [-0.15, -0.1) is 0 Å². The number of hydrogen-bond acceptors (Lipinski definition) is 4. The molecular weight excluding hydrogens is 276 g/mol. The van der Waals surface area contributed by atoms with Crippen LogP contribution in [-0.2, 0) is 0 Å². The highest BCUT2D eigenvalue weighted by molar-refractivity contribution is 6.13. The number of nitrogens with zero attached hydrogens (tertiary/aromatic N) is 2. The molecule has 3 aromatic carbocycles. The lowest BCUT2D eigenvalue weighted by atomic mass is 9.92. The lowest BCUT2D eigenvalue weighted by molar-refractivity contribution is 0.415. The van der Waals surface area contributed by atoms with E-state index in [2.05, 4.69) is 12.1 Å². The Balaban J connectivity index is 2.60. The van der Waals surface area contributed by atoms with E-state index in [1.807, 2.05) is 24.3 Å². The fourth-order valence-electron chi connectivity index (χ4n) is 2.68. The van der Waals surface area contributed by atoms with Gasteiger partial charge in [0.15, 0.2) is 0 Å². The molecule has 0 unspecified atom stereocenters. The summed E-state index contributed by atoms with van der Waals surface area (Å²) in [5, 5.41) is 22.2.